The van der Waals surface area contributed by atoms with Gasteiger partial charge in [0.1, 0.15) is 0 Å². The predicted octanol–water partition coefficient (Wildman–Crippen LogP) is -0.0795. The van der Waals surface area contributed by atoms with Crippen molar-refractivity contribution in [3.8, 4) is 0 Å². The standard InChI is InChI=1S/C5H13N3/c1-2-3-4-5-7-8-6/h3-4,7-8H,2,5-6H2,1H3/b4-3+. The van der Waals surface area contributed by atoms with E-state index in [1.165, 1.54) is 0 Å². The lowest BCUT2D eigenvalue weighted by atomic mass is 10.4. The molecule has 0 rings (SSSR count). The summed E-state index contributed by atoms with van der Waals surface area (Å²) >= 11 is 0. The number of nitrogens with one attached hydrogen (secondary N) is 2. The molecule has 3 nitrogen and oxygen atoms in total. The minimum absolute atomic E-state index is 0.782. The second-order valence-corrected chi connectivity index (χ2v) is 1.40. The molecular weight excluding hydrogens is 102 g/mol. The van der Waals surface area contributed by atoms with Crippen LogP contribution in [0.25, 0.3) is 0 Å². The zero-order chi connectivity index (χ0) is 6.24. The molecule has 0 aromatic carbocycles. The molecule has 0 aliphatic carbocycles. The molecule has 0 aliphatic rings. The van der Waals surface area contributed by atoms with Crippen LogP contribution < -0.4 is 16.8 Å². The zero-order valence-corrected chi connectivity index (χ0v) is 5.15. The van der Waals surface area contributed by atoms with Crippen molar-refractivity contribution in [3.63, 3.8) is 0 Å². The van der Waals surface area contributed by atoms with E-state index >= 15 is 0 Å². The average molecular weight is 115 g/mol. The van der Waals surface area contributed by atoms with E-state index in [-0.39, 0.29) is 0 Å². The van der Waals surface area contributed by atoms with Gasteiger partial charge in [-0.2, -0.15) is 5.53 Å². The van der Waals surface area contributed by atoms with Gasteiger partial charge >= 0.3 is 0 Å². The summed E-state index contributed by atoms with van der Waals surface area (Å²) in [5.41, 5.74) is 5.05. The SMILES string of the molecule is CC/C=C/CNNN. The number of hydrazine groups is 2. The Kier molecular flexibility index (Phi) is 6.31. The molecule has 48 valence electrons. The summed E-state index contributed by atoms with van der Waals surface area (Å²) in [5.74, 6) is 4.92. The van der Waals surface area contributed by atoms with Crippen LogP contribution in [0, 0.1) is 0 Å². The molecule has 0 amide bonds. The average Bonchev–Trinajstić information content (AvgIpc) is 1.81. The Bertz CT molecular complexity index is 60.7. The molecule has 0 spiro atoms. The topological polar surface area (TPSA) is 50.1 Å². The van der Waals surface area contributed by atoms with Gasteiger partial charge in [-0.3, -0.25) is 5.84 Å². The van der Waals surface area contributed by atoms with Crippen molar-refractivity contribution in [2.24, 2.45) is 5.84 Å². The van der Waals surface area contributed by atoms with Crippen molar-refractivity contribution in [2.45, 2.75) is 13.3 Å². The summed E-state index contributed by atoms with van der Waals surface area (Å²) in [4.78, 5) is 0. The van der Waals surface area contributed by atoms with Gasteiger partial charge in [0.15, 0.2) is 0 Å². The van der Waals surface area contributed by atoms with Gasteiger partial charge in [-0.05, 0) is 6.42 Å². The third-order valence-electron chi connectivity index (χ3n) is 0.724. The Morgan fingerprint density at radius 3 is 2.75 bits per heavy atom. The van der Waals surface area contributed by atoms with Crippen molar-refractivity contribution in [1.82, 2.24) is 11.0 Å². The minimum Gasteiger partial charge on any atom is -0.258 e. The monoisotopic (exact) mass is 115 g/mol. The van der Waals surface area contributed by atoms with Crippen LogP contribution in [0.3, 0.4) is 0 Å². The third kappa shape index (κ3) is 5.62. The van der Waals surface area contributed by atoms with Gasteiger partial charge in [0.05, 0.1) is 0 Å². The predicted molar refractivity (Wildman–Crippen MR) is 34.8 cm³/mol. The number of allylic oxidation sites excluding steroid dienone is 1. The first kappa shape index (κ1) is 7.62. The fraction of sp³-hybridized carbons (Fsp3) is 0.600. The Balaban J connectivity index is 2.80. The molecule has 0 radical (unpaired) electrons. The van der Waals surface area contributed by atoms with Crippen molar-refractivity contribution in [2.75, 3.05) is 6.54 Å². The maximum absolute atomic E-state index is 4.92. The lowest BCUT2D eigenvalue weighted by molar-refractivity contribution is 0.594. The quantitative estimate of drug-likeness (QED) is 0.208. The molecule has 4 N–H and O–H groups in total. The first-order valence-electron chi connectivity index (χ1n) is 2.75. The molecule has 0 heterocycles. The maximum atomic E-state index is 4.92. The van der Waals surface area contributed by atoms with E-state index in [2.05, 4.69) is 24.0 Å². The van der Waals surface area contributed by atoms with E-state index in [0.29, 0.717) is 0 Å². The number of hydrogen-bond donors (Lipinski definition) is 3. The highest BCUT2D eigenvalue weighted by molar-refractivity contribution is 4.81. The van der Waals surface area contributed by atoms with Gasteiger partial charge in [0.2, 0.25) is 0 Å². The van der Waals surface area contributed by atoms with Crippen molar-refractivity contribution in [3.05, 3.63) is 12.2 Å². The van der Waals surface area contributed by atoms with E-state index in [4.69, 9.17) is 5.84 Å². The molecule has 3 heteroatoms. The van der Waals surface area contributed by atoms with Crippen LogP contribution in [0.1, 0.15) is 13.3 Å². The van der Waals surface area contributed by atoms with Crippen LogP contribution in [0.5, 0.6) is 0 Å². The molecule has 0 unspecified atom stereocenters. The zero-order valence-electron chi connectivity index (χ0n) is 5.15. The van der Waals surface area contributed by atoms with E-state index in [9.17, 15) is 0 Å². The fourth-order valence-corrected chi connectivity index (χ4v) is 0.368. The smallest absolute Gasteiger partial charge is 0.0294 e. The molecule has 0 bridgehead atoms. The maximum Gasteiger partial charge on any atom is 0.0294 e. The highest BCUT2D eigenvalue weighted by atomic mass is 15.5. The van der Waals surface area contributed by atoms with Gasteiger partial charge in [-0.25, -0.2) is 5.43 Å². The lowest BCUT2D eigenvalue weighted by Crippen LogP contribution is -2.37. The molecule has 0 saturated heterocycles. The minimum atomic E-state index is 0.782. The van der Waals surface area contributed by atoms with Crippen LogP contribution in [-0.2, 0) is 0 Å². The molecule has 0 atom stereocenters. The largest absolute Gasteiger partial charge is 0.258 e. The number of nitrogens with two attached hydrogens (primary N) is 1. The molecular formula is C5H13N3. The number of hydrogen-bond acceptors (Lipinski definition) is 3. The molecule has 0 fully saturated rings. The van der Waals surface area contributed by atoms with Crippen LogP contribution in [0.4, 0.5) is 0 Å². The molecule has 8 heavy (non-hydrogen) atoms. The van der Waals surface area contributed by atoms with Crippen LogP contribution >= 0.6 is 0 Å². The van der Waals surface area contributed by atoms with E-state index in [1.807, 2.05) is 6.08 Å². The summed E-state index contributed by atoms with van der Waals surface area (Å²) in [6, 6.07) is 0. The highest BCUT2D eigenvalue weighted by Crippen LogP contribution is 1.75. The first-order valence-corrected chi connectivity index (χ1v) is 2.75. The summed E-state index contributed by atoms with van der Waals surface area (Å²) in [5, 5.41) is 0. The molecule has 0 saturated carbocycles. The van der Waals surface area contributed by atoms with E-state index < -0.39 is 0 Å². The fourth-order valence-electron chi connectivity index (χ4n) is 0.368. The Morgan fingerprint density at radius 2 is 2.25 bits per heavy atom. The van der Waals surface area contributed by atoms with Gasteiger partial charge in [-0.1, -0.05) is 19.1 Å². The summed E-state index contributed by atoms with van der Waals surface area (Å²) < 4.78 is 0. The van der Waals surface area contributed by atoms with Crippen molar-refractivity contribution in [1.29, 1.82) is 0 Å². The van der Waals surface area contributed by atoms with Crippen LogP contribution in [0.15, 0.2) is 12.2 Å². The van der Waals surface area contributed by atoms with E-state index in [1.54, 1.807) is 0 Å². The van der Waals surface area contributed by atoms with Crippen molar-refractivity contribution >= 4 is 0 Å². The Labute approximate surface area is 49.9 Å². The number of rotatable bonds is 4. The molecule has 0 aliphatic heterocycles. The Hall–Kier alpha value is -0.380. The van der Waals surface area contributed by atoms with Crippen LogP contribution in [0.2, 0.25) is 0 Å². The van der Waals surface area contributed by atoms with Crippen LogP contribution in [-0.4, -0.2) is 6.54 Å². The van der Waals surface area contributed by atoms with Gasteiger partial charge < -0.3 is 0 Å². The lowest BCUT2D eigenvalue weighted by Gasteiger charge is -1.93. The highest BCUT2D eigenvalue weighted by Gasteiger charge is 1.69. The summed E-state index contributed by atoms with van der Waals surface area (Å²) in [6.45, 7) is 2.87. The first-order chi connectivity index (χ1) is 3.91. The third-order valence-corrected chi connectivity index (χ3v) is 0.724. The normalized spacial score (nSPS) is 10.8. The summed E-state index contributed by atoms with van der Waals surface area (Å²) in [7, 11) is 0. The second-order valence-electron chi connectivity index (χ2n) is 1.40. The van der Waals surface area contributed by atoms with Gasteiger partial charge in [0, 0.05) is 6.54 Å². The van der Waals surface area contributed by atoms with Crippen molar-refractivity contribution < 1.29 is 0 Å². The second kappa shape index (κ2) is 6.62. The van der Waals surface area contributed by atoms with E-state index in [0.717, 1.165) is 13.0 Å². The molecule has 0 aromatic heterocycles. The van der Waals surface area contributed by atoms with Gasteiger partial charge in [0.25, 0.3) is 0 Å². The van der Waals surface area contributed by atoms with Gasteiger partial charge in [-0.15, -0.1) is 0 Å². The summed E-state index contributed by atoms with van der Waals surface area (Å²) in [6.07, 6.45) is 5.16. The molecule has 0 aromatic rings. The Morgan fingerprint density at radius 1 is 1.50 bits per heavy atom.